The van der Waals surface area contributed by atoms with Gasteiger partial charge in [-0.15, -0.1) is 0 Å². The van der Waals surface area contributed by atoms with Crippen molar-refractivity contribution in [2.24, 2.45) is 0 Å². The highest BCUT2D eigenvalue weighted by atomic mass is 15.2. The van der Waals surface area contributed by atoms with Crippen LogP contribution in [0.4, 0.5) is 11.5 Å². The monoisotopic (exact) mass is 242 g/mol. The average molecular weight is 242 g/mol. The molecular formula is C14H18N4. The smallest absolute Gasteiger partial charge is 0.151 e. The number of anilines is 2. The third-order valence-electron chi connectivity index (χ3n) is 2.84. The first-order chi connectivity index (χ1) is 8.66. The van der Waals surface area contributed by atoms with E-state index < -0.39 is 0 Å². The van der Waals surface area contributed by atoms with Crippen molar-refractivity contribution in [1.29, 1.82) is 0 Å². The first-order valence-corrected chi connectivity index (χ1v) is 6.01. The van der Waals surface area contributed by atoms with Crippen molar-refractivity contribution in [1.82, 2.24) is 9.97 Å². The maximum absolute atomic E-state index is 5.94. The van der Waals surface area contributed by atoms with E-state index in [1.165, 1.54) is 0 Å². The Bertz CT molecular complexity index is 510. The highest BCUT2D eigenvalue weighted by Crippen LogP contribution is 2.19. The van der Waals surface area contributed by atoms with E-state index in [4.69, 9.17) is 5.73 Å². The zero-order valence-corrected chi connectivity index (χ0v) is 10.8. The molecule has 0 fully saturated rings. The van der Waals surface area contributed by atoms with Gasteiger partial charge in [0.05, 0.1) is 5.69 Å². The Balaban J connectivity index is 2.03. The Hall–Kier alpha value is -2.10. The maximum atomic E-state index is 5.94. The van der Waals surface area contributed by atoms with E-state index in [1.807, 2.05) is 50.5 Å². The van der Waals surface area contributed by atoms with Crippen LogP contribution in [0.3, 0.4) is 0 Å². The van der Waals surface area contributed by atoms with Crippen LogP contribution in [0.25, 0.3) is 0 Å². The third kappa shape index (κ3) is 2.97. The number of nitrogens with zero attached hydrogens (tertiary/aromatic N) is 3. The highest BCUT2D eigenvalue weighted by Gasteiger charge is 2.07. The molecule has 0 spiro atoms. The molecular weight excluding hydrogens is 224 g/mol. The molecule has 2 rings (SSSR count). The lowest BCUT2D eigenvalue weighted by Crippen LogP contribution is -2.23. The van der Waals surface area contributed by atoms with Crippen LogP contribution in [0.2, 0.25) is 0 Å². The van der Waals surface area contributed by atoms with Crippen LogP contribution < -0.4 is 10.6 Å². The largest absolute Gasteiger partial charge is 0.396 e. The third-order valence-corrected chi connectivity index (χ3v) is 2.84. The minimum absolute atomic E-state index is 0.712. The first kappa shape index (κ1) is 12.4. The second kappa shape index (κ2) is 5.49. The van der Waals surface area contributed by atoms with Crippen LogP contribution in [-0.4, -0.2) is 23.6 Å². The molecule has 0 unspecified atom stereocenters. The van der Waals surface area contributed by atoms with Gasteiger partial charge < -0.3 is 10.6 Å². The minimum atomic E-state index is 0.712. The molecule has 0 atom stereocenters. The van der Waals surface area contributed by atoms with Gasteiger partial charge in [-0.05, 0) is 31.2 Å². The Labute approximate surface area is 107 Å². The van der Waals surface area contributed by atoms with Gasteiger partial charge in [0.25, 0.3) is 0 Å². The van der Waals surface area contributed by atoms with Crippen molar-refractivity contribution >= 4 is 11.5 Å². The molecule has 4 nitrogen and oxygen atoms in total. The van der Waals surface area contributed by atoms with Crippen molar-refractivity contribution in [3.8, 4) is 0 Å². The van der Waals surface area contributed by atoms with E-state index in [0.717, 1.165) is 30.2 Å². The van der Waals surface area contributed by atoms with Gasteiger partial charge in [-0.1, -0.05) is 6.07 Å². The highest BCUT2D eigenvalue weighted by molar-refractivity contribution is 5.62. The number of pyridine rings is 2. The molecule has 2 N–H and O–H groups in total. The summed E-state index contributed by atoms with van der Waals surface area (Å²) in [4.78, 5) is 10.8. The van der Waals surface area contributed by atoms with Crippen LogP contribution >= 0.6 is 0 Å². The second-order valence-electron chi connectivity index (χ2n) is 4.36. The van der Waals surface area contributed by atoms with Crippen LogP contribution in [-0.2, 0) is 6.42 Å². The van der Waals surface area contributed by atoms with Crippen LogP contribution in [0.1, 0.15) is 11.4 Å². The number of nitrogen functional groups attached to an aromatic ring is 1. The van der Waals surface area contributed by atoms with Crippen molar-refractivity contribution in [2.45, 2.75) is 13.3 Å². The quantitative estimate of drug-likeness (QED) is 0.891. The predicted octanol–water partition coefficient (Wildman–Crippen LogP) is 2.05. The van der Waals surface area contributed by atoms with E-state index in [1.54, 1.807) is 0 Å². The fourth-order valence-electron chi connectivity index (χ4n) is 1.79. The molecule has 0 aliphatic rings. The molecule has 0 amide bonds. The standard InChI is InChI=1S/C14H18N4/c1-11-6-7-13(15)14(17-11)18(2)10-8-12-5-3-4-9-16-12/h3-7,9H,8,10,15H2,1-2H3. The Morgan fingerprint density at radius 1 is 1.22 bits per heavy atom. The zero-order chi connectivity index (χ0) is 13.0. The number of nitrogens with two attached hydrogens (primary N) is 1. The normalized spacial score (nSPS) is 10.3. The maximum Gasteiger partial charge on any atom is 0.151 e. The minimum Gasteiger partial charge on any atom is -0.396 e. The van der Waals surface area contributed by atoms with Gasteiger partial charge in [0.1, 0.15) is 0 Å². The zero-order valence-electron chi connectivity index (χ0n) is 10.8. The summed E-state index contributed by atoms with van der Waals surface area (Å²) in [5.41, 5.74) is 8.71. The summed E-state index contributed by atoms with van der Waals surface area (Å²) < 4.78 is 0. The molecule has 0 bridgehead atoms. The van der Waals surface area contributed by atoms with Gasteiger partial charge >= 0.3 is 0 Å². The molecule has 2 aromatic rings. The summed E-state index contributed by atoms with van der Waals surface area (Å²) in [5.74, 6) is 0.839. The lowest BCUT2D eigenvalue weighted by Gasteiger charge is -2.20. The first-order valence-electron chi connectivity index (χ1n) is 6.01. The van der Waals surface area contributed by atoms with Gasteiger partial charge in [-0.2, -0.15) is 0 Å². The van der Waals surface area contributed by atoms with Gasteiger partial charge in [-0.25, -0.2) is 4.98 Å². The topological polar surface area (TPSA) is 55.0 Å². The lowest BCUT2D eigenvalue weighted by molar-refractivity contribution is 0.838. The second-order valence-corrected chi connectivity index (χ2v) is 4.36. The molecule has 4 heteroatoms. The molecule has 0 aliphatic carbocycles. The molecule has 18 heavy (non-hydrogen) atoms. The van der Waals surface area contributed by atoms with E-state index >= 15 is 0 Å². The average Bonchev–Trinajstić information content (AvgIpc) is 2.40. The number of rotatable bonds is 4. The SMILES string of the molecule is Cc1ccc(N)c(N(C)CCc2ccccn2)n1. The summed E-state index contributed by atoms with van der Waals surface area (Å²) >= 11 is 0. The Morgan fingerprint density at radius 3 is 2.78 bits per heavy atom. The van der Waals surface area contributed by atoms with Gasteiger partial charge in [-0.3, -0.25) is 4.98 Å². The molecule has 0 radical (unpaired) electrons. The van der Waals surface area contributed by atoms with Crippen molar-refractivity contribution in [3.05, 3.63) is 47.9 Å². The molecule has 0 saturated carbocycles. The fraction of sp³-hybridized carbons (Fsp3) is 0.286. The molecule has 0 aliphatic heterocycles. The number of likely N-dealkylation sites (N-methyl/N-ethyl adjacent to an activating group) is 1. The van der Waals surface area contributed by atoms with Crippen LogP contribution in [0.15, 0.2) is 36.5 Å². The molecule has 0 aromatic carbocycles. The number of hydrogen-bond donors (Lipinski definition) is 1. The number of hydrogen-bond acceptors (Lipinski definition) is 4. The van der Waals surface area contributed by atoms with Gasteiger partial charge in [0.2, 0.25) is 0 Å². The Kier molecular flexibility index (Phi) is 3.77. The van der Waals surface area contributed by atoms with E-state index in [2.05, 4.69) is 14.9 Å². The molecule has 2 heterocycles. The fourth-order valence-corrected chi connectivity index (χ4v) is 1.79. The summed E-state index contributed by atoms with van der Waals surface area (Å²) in [5, 5.41) is 0. The van der Waals surface area contributed by atoms with Gasteiger partial charge in [0, 0.05) is 37.6 Å². The van der Waals surface area contributed by atoms with E-state index in [0.29, 0.717) is 5.69 Å². The summed E-state index contributed by atoms with van der Waals surface area (Å²) in [6, 6.07) is 9.77. The summed E-state index contributed by atoms with van der Waals surface area (Å²) in [6.45, 7) is 2.81. The molecule has 0 saturated heterocycles. The summed E-state index contributed by atoms with van der Waals surface area (Å²) in [7, 11) is 2.00. The van der Waals surface area contributed by atoms with Crippen LogP contribution in [0.5, 0.6) is 0 Å². The summed E-state index contributed by atoms with van der Waals surface area (Å²) in [6.07, 6.45) is 2.70. The molecule has 2 aromatic heterocycles. The number of aryl methyl sites for hydroxylation is 1. The van der Waals surface area contributed by atoms with Crippen molar-refractivity contribution < 1.29 is 0 Å². The Morgan fingerprint density at radius 2 is 2.06 bits per heavy atom. The van der Waals surface area contributed by atoms with E-state index in [-0.39, 0.29) is 0 Å². The molecule has 94 valence electrons. The van der Waals surface area contributed by atoms with Crippen molar-refractivity contribution in [3.63, 3.8) is 0 Å². The lowest BCUT2D eigenvalue weighted by atomic mass is 10.2. The van der Waals surface area contributed by atoms with Crippen LogP contribution in [0, 0.1) is 6.92 Å². The van der Waals surface area contributed by atoms with E-state index in [9.17, 15) is 0 Å². The van der Waals surface area contributed by atoms with Crippen molar-refractivity contribution in [2.75, 3.05) is 24.2 Å². The van der Waals surface area contributed by atoms with Gasteiger partial charge in [0.15, 0.2) is 5.82 Å². The number of aromatic nitrogens is 2. The predicted molar refractivity (Wildman–Crippen MR) is 74.6 cm³/mol.